The standard InChI is InChI=1S/C22H36N4O4S/c1-3-25(4-2)18-15-24-22(28)19-9-8-16-26(17-13-21(27)23-14-12-19)31(29,30)20-10-6-5-7-11-20/h5-7,10-11,19H,3-4,8-9,12-18H2,1-2H3,(H,23,27)(H,24,28). The number of sulfonamides is 1. The molecular weight excluding hydrogens is 416 g/mol. The summed E-state index contributed by atoms with van der Waals surface area (Å²) in [5, 5.41) is 5.83. The first kappa shape index (κ1) is 25.3. The number of hydrogen-bond acceptors (Lipinski definition) is 5. The molecule has 1 aromatic carbocycles. The highest BCUT2D eigenvalue weighted by atomic mass is 32.2. The molecule has 0 aliphatic carbocycles. The molecule has 0 saturated carbocycles. The summed E-state index contributed by atoms with van der Waals surface area (Å²) >= 11 is 0. The van der Waals surface area contributed by atoms with Crippen LogP contribution in [-0.2, 0) is 19.6 Å². The van der Waals surface area contributed by atoms with Gasteiger partial charge in [-0.1, -0.05) is 32.0 Å². The van der Waals surface area contributed by atoms with Gasteiger partial charge >= 0.3 is 0 Å². The zero-order valence-electron chi connectivity index (χ0n) is 18.7. The van der Waals surface area contributed by atoms with Crippen molar-refractivity contribution in [3.8, 4) is 0 Å². The molecule has 8 nitrogen and oxygen atoms in total. The minimum Gasteiger partial charge on any atom is -0.356 e. The molecule has 1 aliphatic rings. The van der Waals surface area contributed by atoms with Gasteiger partial charge in [-0.25, -0.2) is 8.42 Å². The lowest BCUT2D eigenvalue weighted by Crippen LogP contribution is -2.38. The highest BCUT2D eigenvalue weighted by molar-refractivity contribution is 7.89. The van der Waals surface area contributed by atoms with E-state index in [1.807, 2.05) is 0 Å². The van der Waals surface area contributed by atoms with Crippen LogP contribution in [0.1, 0.15) is 39.5 Å². The molecule has 0 aromatic heterocycles. The number of nitrogens with one attached hydrogen (secondary N) is 2. The number of carbonyl (C=O) groups is 2. The summed E-state index contributed by atoms with van der Waals surface area (Å²) in [4.78, 5) is 27.3. The molecule has 174 valence electrons. The highest BCUT2D eigenvalue weighted by Gasteiger charge is 2.26. The number of likely N-dealkylation sites (N-methyl/N-ethyl adjacent to an activating group) is 1. The van der Waals surface area contributed by atoms with E-state index in [1.165, 1.54) is 4.31 Å². The van der Waals surface area contributed by atoms with Crippen LogP contribution in [0.3, 0.4) is 0 Å². The molecule has 1 unspecified atom stereocenters. The van der Waals surface area contributed by atoms with Crippen molar-refractivity contribution in [2.75, 3.05) is 45.8 Å². The first-order chi connectivity index (χ1) is 14.9. The number of rotatable bonds is 8. The van der Waals surface area contributed by atoms with Crippen LogP contribution >= 0.6 is 0 Å². The van der Waals surface area contributed by atoms with Gasteiger partial charge < -0.3 is 15.5 Å². The topological polar surface area (TPSA) is 98.8 Å². The summed E-state index contributed by atoms with van der Waals surface area (Å²) < 4.78 is 27.4. The Morgan fingerprint density at radius 3 is 2.55 bits per heavy atom. The van der Waals surface area contributed by atoms with Gasteiger partial charge in [0.2, 0.25) is 21.8 Å². The molecule has 31 heavy (non-hydrogen) atoms. The second-order valence-corrected chi connectivity index (χ2v) is 9.70. The number of nitrogens with zero attached hydrogens (tertiary/aromatic N) is 2. The van der Waals surface area contributed by atoms with E-state index in [1.54, 1.807) is 30.3 Å². The third-order valence-electron chi connectivity index (χ3n) is 5.74. The van der Waals surface area contributed by atoms with Crippen molar-refractivity contribution in [1.82, 2.24) is 19.8 Å². The predicted octanol–water partition coefficient (Wildman–Crippen LogP) is 1.44. The molecule has 0 radical (unpaired) electrons. The van der Waals surface area contributed by atoms with Crippen LogP contribution in [0.2, 0.25) is 0 Å². The lowest BCUT2D eigenvalue weighted by Gasteiger charge is -2.23. The maximum atomic E-state index is 13.0. The van der Waals surface area contributed by atoms with Gasteiger partial charge in [-0.15, -0.1) is 0 Å². The Labute approximate surface area is 186 Å². The normalized spacial score (nSPS) is 19.5. The number of benzene rings is 1. The van der Waals surface area contributed by atoms with Crippen molar-refractivity contribution in [1.29, 1.82) is 0 Å². The van der Waals surface area contributed by atoms with Crippen LogP contribution in [0.25, 0.3) is 0 Å². The van der Waals surface area contributed by atoms with Crippen molar-refractivity contribution < 1.29 is 18.0 Å². The lowest BCUT2D eigenvalue weighted by atomic mass is 9.98. The van der Waals surface area contributed by atoms with E-state index >= 15 is 0 Å². The van der Waals surface area contributed by atoms with Gasteiger partial charge in [0.25, 0.3) is 0 Å². The van der Waals surface area contributed by atoms with Crippen LogP contribution in [-0.4, -0.2) is 75.3 Å². The molecule has 2 amide bonds. The fourth-order valence-electron chi connectivity index (χ4n) is 3.74. The predicted molar refractivity (Wildman–Crippen MR) is 121 cm³/mol. The largest absolute Gasteiger partial charge is 0.356 e. The van der Waals surface area contributed by atoms with Crippen molar-refractivity contribution in [2.45, 2.75) is 44.4 Å². The molecule has 2 rings (SSSR count). The van der Waals surface area contributed by atoms with Crippen molar-refractivity contribution >= 4 is 21.8 Å². The van der Waals surface area contributed by atoms with Crippen LogP contribution in [0.4, 0.5) is 0 Å². The Kier molecular flexibility index (Phi) is 10.4. The third kappa shape index (κ3) is 7.90. The van der Waals surface area contributed by atoms with Gasteiger partial charge in [-0.2, -0.15) is 4.31 Å². The first-order valence-electron chi connectivity index (χ1n) is 11.2. The van der Waals surface area contributed by atoms with Gasteiger partial charge in [0.15, 0.2) is 0 Å². The molecule has 1 aliphatic heterocycles. The first-order valence-corrected chi connectivity index (χ1v) is 12.6. The van der Waals surface area contributed by atoms with E-state index in [9.17, 15) is 18.0 Å². The summed E-state index contributed by atoms with van der Waals surface area (Å²) in [7, 11) is -3.69. The van der Waals surface area contributed by atoms with Crippen molar-refractivity contribution in [3.05, 3.63) is 30.3 Å². The third-order valence-corrected chi connectivity index (χ3v) is 7.65. The van der Waals surface area contributed by atoms with Crippen LogP contribution < -0.4 is 10.6 Å². The van der Waals surface area contributed by atoms with Crippen molar-refractivity contribution in [3.63, 3.8) is 0 Å². The zero-order valence-corrected chi connectivity index (χ0v) is 19.5. The second kappa shape index (κ2) is 12.8. The Bertz CT molecular complexity index is 797. The molecule has 1 aromatic rings. The molecule has 1 saturated heterocycles. The molecular formula is C22H36N4O4S. The lowest BCUT2D eigenvalue weighted by molar-refractivity contribution is -0.126. The molecule has 1 heterocycles. The smallest absolute Gasteiger partial charge is 0.243 e. The van der Waals surface area contributed by atoms with E-state index in [0.29, 0.717) is 32.4 Å². The monoisotopic (exact) mass is 452 g/mol. The average molecular weight is 453 g/mol. The Morgan fingerprint density at radius 2 is 1.87 bits per heavy atom. The van der Waals surface area contributed by atoms with E-state index in [0.717, 1.165) is 19.6 Å². The zero-order chi connectivity index (χ0) is 22.7. The fourth-order valence-corrected chi connectivity index (χ4v) is 5.24. The number of amides is 2. The van der Waals surface area contributed by atoms with Gasteiger partial charge in [-0.3, -0.25) is 9.59 Å². The minimum atomic E-state index is -3.69. The molecule has 0 bridgehead atoms. The maximum Gasteiger partial charge on any atom is 0.243 e. The Morgan fingerprint density at radius 1 is 1.16 bits per heavy atom. The highest BCUT2D eigenvalue weighted by Crippen LogP contribution is 2.19. The van der Waals surface area contributed by atoms with Crippen LogP contribution in [0.5, 0.6) is 0 Å². The minimum absolute atomic E-state index is 0.0295. The Hall–Kier alpha value is -1.97. The van der Waals surface area contributed by atoms with Crippen LogP contribution in [0, 0.1) is 5.92 Å². The number of hydrogen-bond donors (Lipinski definition) is 2. The summed E-state index contributed by atoms with van der Waals surface area (Å²) in [6.07, 6.45) is 1.79. The summed E-state index contributed by atoms with van der Waals surface area (Å²) in [5.41, 5.74) is 0. The Balaban J connectivity index is 2.02. The van der Waals surface area contributed by atoms with Gasteiger partial charge in [0, 0.05) is 45.1 Å². The average Bonchev–Trinajstić information content (AvgIpc) is 2.82. The molecule has 1 atom stereocenters. The van der Waals surface area contributed by atoms with E-state index < -0.39 is 10.0 Å². The molecule has 2 N–H and O–H groups in total. The molecule has 9 heteroatoms. The van der Waals surface area contributed by atoms with E-state index in [-0.39, 0.29) is 42.1 Å². The van der Waals surface area contributed by atoms with Crippen molar-refractivity contribution in [2.24, 2.45) is 5.92 Å². The van der Waals surface area contributed by atoms with Crippen LogP contribution in [0.15, 0.2) is 35.2 Å². The van der Waals surface area contributed by atoms with Gasteiger partial charge in [0.05, 0.1) is 4.90 Å². The van der Waals surface area contributed by atoms with Gasteiger partial charge in [0.1, 0.15) is 0 Å². The SMILES string of the molecule is CCN(CC)CCNC(=O)C1CCCN(S(=O)(=O)c2ccccc2)CCC(=O)NCC1. The van der Waals surface area contributed by atoms with E-state index in [4.69, 9.17) is 0 Å². The number of carbonyl (C=O) groups excluding carboxylic acids is 2. The summed E-state index contributed by atoms with van der Waals surface area (Å²) in [5.74, 6) is -0.481. The van der Waals surface area contributed by atoms with Gasteiger partial charge in [-0.05, 0) is 44.5 Å². The second-order valence-electron chi connectivity index (χ2n) is 7.76. The molecule has 1 fully saturated rings. The quantitative estimate of drug-likeness (QED) is 0.622. The summed E-state index contributed by atoms with van der Waals surface area (Å²) in [6.45, 7) is 8.27. The van der Waals surface area contributed by atoms with E-state index in [2.05, 4.69) is 29.4 Å². The maximum absolute atomic E-state index is 13.0. The summed E-state index contributed by atoms with van der Waals surface area (Å²) in [6, 6.07) is 8.26. The molecule has 0 spiro atoms. The fraction of sp³-hybridized carbons (Fsp3) is 0.636.